The molecule has 0 saturated heterocycles. The average Bonchev–Trinajstić information content (AvgIpc) is 2.79. The van der Waals surface area contributed by atoms with Crippen LogP contribution in [0.4, 0.5) is 0 Å². The molecule has 0 bridgehead atoms. The third kappa shape index (κ3) is 5.27. The van der Waals surface area contributed by atoms with Crippen molar-refractivity contribution in [2.45, 2.75) is 25.8 Å². The lowest BCUT2D eigenvalue weighted by Crippen LogP contribution is -2.23. The van der Waals surface area contributed by atoms with Crippen LogP contribution in [0.25, 0.3) is 22.3 Å². The van der Waals surface area contributed by atoms with Gasteiger partial charge in [0.1, 0.15) is 11.6 Å². The molecule has 6 heteroatoms. The summed E-state index contributed by atoms with van der Waals surface area (Å²) in [6.45, 7) is 1.21. The molecule has 0 saturated carbocycles. The van der Waals surface area contributed by atoms with Crippen molar-refractivity contribution in [2.75, 3.05) is 6.61 Å². The van der Waals surface area contributed by atoms with E-state index in [1.807, 2.05) is 72.8 Å². The molecule has 4 aromatic rings. The highest BCUT2D eigenvalue weighted by Gasteiger charge is 2.12. The second-order valence-corrected chi connectivity index (χ2v) is 8.15. The molecular weight excluding hydrogens is 431 g/mol. The highest BCUT2D eigenvalue weighted by molar-refractivity contribution is 6.30. The molecule has 0 radical (unpaired) electrons. The number of benzene rings is 3. The molecule has 4 nitrogen and oxygen atoms in total. The van der Waals surface area contributed by atoms with Gasteiger partial charge in [-0.15, -0.1) is 0 Å². The maximum absolute atomic E-state index is 13.2. The Morgan fingerprint density at radius 3 is 2.23 bits per heavy atom. The van der Waals surface area contributed by atoms with Gasteiger partial charge in [-0.2, -0.15) is 0 Å². The molecule has 0 aliphatic rings. The zero-order chi connectivity index (χ0) is 21.6. The lowest BCUT2D eigenvalue weighted by molar-refractivity contribution is 0.303. The molecule has 4 rings (SSSR count). The Morgan fingerprint density at radius 1 is 0.806 bits per heavy atom. The van der Waals surface area contributed by atoms with E-state index >= 15 is 0 Å². The lowest BCUT2D eigenvalue weighted by Gasteiger charge is -2.14. The lowest BCUT2D eigenvalue weighted by atomic mass is 10.1. The standard InChI is InChI=1S/C25H22Cl2N2O2/c26-19-10-8-18(9-11-19)24-28-23-7-3-2-6-22(23)25(30)29(24)16-4-1-5-17-31-21-14-12-20(27)13-15-21/h2-3,6-15H,1,4-5,16-17H2. The van der Waals surface area contributed by atoms with Gasteiger partial charge in [-0.25, -0.2) is 4.98 Å². The van der Waals surface area contributed by atoms with Crippen LogP contribution in [-0.4, -0.2) is 16.2 Å². The Hall–Kier alpha value is -2.82. The molecule has 0 unspecified atom stereocenters. The van der Waals surface area contributed by atoms with Gasteiger partial charge in [0.25, 0.3) is 5.56 Å². The summed E-state index contributed by atoms with van der Waals surface area (Å²) in [5.74, 6) is 1.47. The smallest absolute Gasteiger partial charge is 0.261 e. The number of hydrogen-bond acceptors (Lipinski definition) is 3. The predicted octanol–water partition coefficient (Wildman–Crippen LogP) is 6.62. The number of rotatable bonds is 8. The fraction of sp³-hybridized carbons (Fsp3) is 0.200. The van der Waals surface area contributed by atoms with Crippen molar-refractivity contribution in [3.8, 4) is 17.1 Å². The van der Waals surface area contributed by atoms with Crippen LogP contribution >= 0.6 is 23.2 Å². The summed E-state index contributed by atoms with van der Waals surface area (Å²) >= 11 is 11.9. The Kier molecular flexibility index (Phi) is 6.90. The first-order valence-electron chi connectivity index (χ1n) is 10.3. The molecule has 0 atom stereocenters. The third-order valence-corrected chi connectivity index (χ3v) is 5.58. The minimum Gasteiger partial charge on any atom is -0.494 e. The fourth-order valence-corrected chi connectivity index (χ4v) is 3.72. The summed E-state index contributed by atoms with van der Waals surface area (Å²) in [5.41, 5.74) is 1.55. The van der Waals surface area contributed by atoms with E-state index in [1.165, 1.54) is 0 Å². The Bertz CT molecular complexity index is 1220. The maximum Gasteiger partial charge on any atom is 0.261 e. The number of halogens is 2. The normalized spacial score (nSPS) is 11.0. The van der Waals surface area contributed by atoms with Crippen molar-refractivity contribution in [1.29, 1.82) is 0 Å². The highest BCUT2D eigenvalue weighted by atomic mass is 35.5. The van der Waals surface area contributed by atoms with Crippen molar-refractivity contribution < 1.29 is 4.74 Å². The van der Waals surface area contributed by atoms with Crippen molar-refractivity contribution in [3.63, 3.8) is 0 Å². The Morgan fingerprint density at radius 2 is 1.48 bits per heavy atom. The van der Waals surface area contributed by atoms with Gasteiger partial charge in [-0.3, -0.25) is 9.36 Å². The van der Waals surface area contributed by atoms with Gasteiger partial charge in [0.05, 0.1) is 17.5 Å². The van der Waals surface area contributed by atoms with E-state index in [-0.39, 0.29) is 5.56 Å². The van der Waals surface area contributed by atoms with E-state index in [2.05, 4.69) is 0 Å². The molecule has 158 valence electrons. The number of hydrogen-bond donors (Lipinski definition) is 0. The first-order chi connectivity index (χ1) is 15.1. The average molecular weight is 453 g/mol. The molecule has 1 aromatic heterocycles. The topological polar surface area (TPSA) is 44.1 Å². The zero-order valence-corrected chi connectivity index (χ0v) is 18.4. The van der Waals surface area contributed by atoms with Crippen molar-refractivity contribution in [2.24, 2.45) is 0 Å². The Labute approximate surface area is 191 Å². The SMILES string of the molecule is O=c1c2ccccc2nc(-c2ccc(Cl)cc2)n1CCCCCOc1ccc(Cl)cc1. The van der Waals surface area contributed by atoms with Gasteiger partial charge in [-0.05, 0) is 79.9 Å². The second-order valence-electron chi connectivity index (χ2n) is 7.28. The molecule has 3 aromatic carbocycles. The van der Waals surface area contributed by atoms with Gasteiger partial charge in [-0.1, -0.05) is 35.3 Å². The van der Waals surface area contributed by atoms with Crippen molar-refractivity contribution in [1.82, 2.24) is 9.55 Å². The van der Waals surface area contributed by atoms with Crippen LogP contribution in [0, 0.1) is 0 Å². The summed E-state index contributed by atoms with van der Waals surface area (Å²) in [6, 6.07) is 22.2. The van der Waals surface area contributed by atoms with E-state index in [0.717, 1.165) is 30.6 Å². The monoisotopic (exact) mass is 452 g/mol. The summed E-state index contributed by atoms with van der Waals surface area (Å²) in [7, 11) is 0. The molecule has 31 heavy (non-hydrogen) atoms. The van der Waals surface area contributed by atoms with Crippen LogP contribution < -0.4 is 10.3 Å². The number of aromatic nitrogens is 2. The quantitative estimate of drug-likeness (QED) is 0.282. The molecular formula is C25H22Cl2N2O2. The minimum atomic E-state index is -0.0204. The molecule has 0 fully saturated rings. The summed E-state index contributed by atoms with van der Waals surface area (Å²) in [6.07, 6.45) is 2.69. The molecule has 0 amide bonds. The molecule has 0 aliphatic carbocycles. The molecule has 0 spiro atoms. The zero-order valence-electron chi connectivity index (χ0n) is 16.9. The Balaban J connectivity index is 1.46. The van der Waals surface area contributed by atoms with E-state index in [0.29, 0.717) is 39.9 Å². The second kappa shape index (κ2) is 9.99. The summed E-state index contributed by atoms with van der Waals surface area (Å²) in [4.78, 5) is 18.0. The number of unbranched alkanes of at least 4 members (excludes halogenated alkanes) is 2. The van der Waals surface area contributed by atoms with E-state index in [9.17, 15) is 4.79 Å². The van der Waals surface area contributed by atoms with Gasteiger partial charge in [0.2, 0.25) is 0 Å². The fourth-order valence-electron chi connectivity index (χ4n) is 3.46. The van der Waals surface area contributed by atoms with E-state index < -0.39 is 0 Å². The first kappa shape index (κ1) is 21.4. The van der Waals surface area contributed by atoms with Crippen LogP contribution in [0.2, 0.25) is 10.0 Å². The van der Waals surface area contributed by atoms with Gasteiger partial charge < -0.3 is 4.74 Å². The minimum absolute atomic E-state index is 0.0204. The van der Waals surface area contributed by atoms with Crippen molar-refractivity contribution >= 4 is 34.1 Å². The number of fused-ring (bicyclic) bond motifs is 1. The summed E-state index contributed by atoms with van der Waals surface area (Å²) in [5, 5.41) is 1.98. The molecule has 0 N–H and O–H groups in total. The first-order valence-corrected chi connectivity index (χ1v) is 11.0. The van der Waals surface area contributed by atoms with E-state index in [4.69, 9.17) is 32.9 Å². The maximum atomic E-state index is 13.2. The predicted molar refractivity (Wildman–Crippen MR) is 127 cm³/mol. The van der Waals surface area contributed by atoms with Crippen LogP contribution in [0.1, 0.15) is 19.3 Å². The molecule has 0 aliphatic heterocycles. The van der Waals surface area contributed by atoms with Crippen LogP contribution in [0.3, 0.4) is 0 Å². The molecule has 1 heterocycles. The van der Waals surface area contributed by atoms with Crippen LogP contribution in [0.15, 0.2) is 77.6 Å². The van der Waals surface area contributed by atoms with Gasteiger partial charge in [0, 0.05) is 22.2 Å². The van der Waals surface area contributed by atoms with Crippen LogP contribution in [0.5, 0.6) is 5.75 Å². The van der Waals surface area contributed by atoms with Crippen molar-refractivity contribution in [3.05, 3.63) is 93.2 Å². The number of nitrogens with zero attached hydrogens (tertiary/aromatic N) is 2. The van der Waals surface area contributed by atoms with Gasteiger partial charge in [0.15, 0.2) is 0 Å². The van der Waals surface area contributed by atoms with Gasteiger partial charge >= 0.3 is 0 Å². The highest BCUT2D eigenvalue weighted by Crippen LogP contribution is 2.22. The van der Waals surface area contributed by atoms with Crippen LogP contribution in [-0.2, 0) is 6.54 Å². The number of para-hydroxylation sites is 1. The van der Waals surface area contributed by atoms with E-state index in [1.54, 1.807) is 4.57 Å². The summed E-state index contributed by atoms with van der Waals surface area (Å²) < 4.78 is 7.52. The third-order valence-electron chi connectivity index (χ3n) is 5.07. The largest absolute Gasteiger partial charge is 0.494 e. The number of ether oxygens (including phenoxy) is 1.